The SMILES string of the molecule is CC(C)c1cc(=S)nc(C(C)S(C)(=O)=O)[nH]1. The molecule has 0 fully saturated rings. The highest BCUT2D eigenvalue weighted by molar-refractivity contribution is 7.90. The molecule has 1 atom stereocenters. The van der Waals surface area contributed by atoms with Crippen LogP contribution in [0.15, 0.2) is 6.07 Å². The third-order valence-electron chi connectivity index (χ3n) is 2.43. The van der Waals surface area contributed by atoms with Gasteiger partial charge in [-0.2, -0.15) is 0 Å². The highest BCUT2D eigenvalue weighted by Crippen LogP contribution is 2.19. The molecule has 0 aliphatic carbocycles. The van der Waals surface area contributed by atoms with Crippen LogP contribution in [0.1, 0.15) is 43.5 Å². The molecule has 6 heteroatoms. The van der Waals surface area contributed by atoms with E-state index in [1.807, 2.05) is 13.8 Å². The van der Waals surface area contributed by atoms with Gasteiger partial charge in [-0.15, -0.1) is 0 Å². The van der Waals surface area contributed by atoms with Crippen molar-refractivity contribution in [2.75, 3.05) is 6.26 Å². The number of H-pyrrole nitrogens is 1. The lowest BCUT2D eigenvalue weighted by molar-refractivity contribution is 0.588. The standard InChI is InChI=1S/C10H16N2O2S2/c1-6(2)8-5-9(15)12-10(11-8)7(3)16(4,13)14/h5-7H,1-4H3,(H,11,12,15). The van der Waals surface area contributed by atoms with Gasteiger partial charge in [0.1, 0.15) is 15.7 Å². The van der Waals surface area contributed by atoms with Crippen molar-refractivity contribution in [2.24, 2.45) is 0 Å². The number of nitrogens with one attached hydrogen (secondary N) is 1. The van der Waals surface area contributed by atoms with Crippen molar-refractivity contribution in [3.63, 3.8) is 0 Å². The van der Waals surface area contributed by atoms with Gasteiger partial charge in [-0.1, -0.05) is 26.1 Å². The molecule has 90 valence electrons. The summed E-state index contributed by atoms with van der Waals surface area (Å²) >= 11 is 5.02. The van der Waals surface area contributed by atoms with Gasteiger partial charge in [0.25, 0.3) is 0 Å². The number of aromatic amines is 1. The van der Waals surface area contributed by atoms with Crippen LogP contribution < -0.4 is 0 Å². The Hall–Kier alpha value is -0.750. The third-order valence-corrected chi connectivity index (χ3v) is 4.15. The van der Waals surface area contributed by atoms with Crippen molar-refractivity contribution < 1.29 is 8.42 Å². The smallest absolute Gasteiger partial charge is 0.157 e. The van der Waals surface area contributed by atoms with E-state index in [2.05, 4.69) is 9.97 Å². The Balaban J connectivity index is 3.31. The average molecular weight is 260 g/mol. The summed E-state index contributed by atoms with van der Waals surface area (Å²) in [5.74, 6) is 0.675. The van der Waals surface area contributed by atoms with Gasteiger partial charge in [-0.25, -0.2) is 13.4 Å². The molecule has 0 aromatic carbocycles. The molecule has 1 unspecified atom stereocenters. The summed E-state index contributed by atoms with van der Waals surface area (Å²) < 4.78 is 23.3. The van der Waals surface area contributed by atoms with Gasteiger partial charge in [-0.05, 0) is 18.9 Å². The number of nitrogens with zero attached hydrogens (tertiary/aromatic N) is 1. The van der Waals surface area contributed by atoms with E-state index in [0.29, 0.717) is 10.5 Å². The van der Waals surface area contributed by atoms with Crippen LogP contribution in [-0.4, -0.2) is 24.6 Å². The monoisotopic (exact) mass is 260 g/mol. The molecule has 4 nitrogen and oxygen atoms in total. The molecular weight excluding hydrogens is 244 g/mol. The van der Waals surface area contributed by atoms with Crippen LogP contribution in [0, 0.1) is 4.64 Å². The molecule has 0 saturated heterocycles. The Morgan fingerprint density at radius 2 is 1.94 bits per heavy atom. The molecule has 0 spiro atoms. The van der Waals surface area contributed by atoms with E-state index in [-0.39, 0.29) is 5.92 Å². The first-order valence-electron chi connectivity index (χ1n) is 5.02. The summed E-state index contributed by atoms with van der Waals surface area (Å²) in [4.78, 5) is 7.10. The predicted octanol–water partition coefficient (Wildman–Crippen LogP) is 2.37. The van der Waals surface area contributed by atoms with Crippen molar-refractivity contribution >= 4 is 22.1 Å². The van der Waals surface area contributed by atoms with Crippen molar-refractivity contribution in [3.05, 3.63) is 22.2 Å². The molecule has 0 amide bonds. The first-order valence-corrected chi connectivity index (χ1v) is 7.38. The summed E-state index contributed by atoms with van der Waals surface area (Å²) in [7, 11) is -3.16. The predicted molar refractivity (Wildman–Crippen MR) is 66.8 cm³/mol. The maximum Gasteiger partial charge on any atom is 0.157 e. The second kappa shape index (κ2) is 4.63. The molecule has 1 aromatic heterocycles. The molecule has 0 aliphatic heterocycles. The zero-order valence-corrected chi connectivity index (χ0v) is 11.4. The van der Waals surface area contributed by atoms with Crippen LogP contribution in [0.5, 0.6) is 0 Å². The Morgan fingerprint density at radius 1 is 1.38 bits per heavy atom. The number of aromatic nitrogens is 2. The summed E-state index contributed by atoms with van der Waals surface area (Å²) in [5.41, 5.74) is 0.908. The number of hydrogen-bond acceptors (Lipinski definition) is 4. The molecule has 1 heterocycles. The average Bonchev–Trinajstić information content (AvgIpc) is 2.14. The van der Waals surface area contributed by atoms with Crippen LogP contribution in [0.3, 0.4) is 0 Å². The van der Waals surface area contributed by atoms with E-state index in [4.69, 9.17) is 12.2 Å². The maximum atomic E-state index is 11.4. The third kappa shape index (κ3) is 3.12. The quantitative estimate of drug-likeness (QED) is 0.847. The van der Waals surface area contributed by atoms with E-state index < -0.39 is 15.1 Å². The van der Waals surface area contributed by atoms with Crippen LogP contribution in [0.4, 0.5) is 0 Å². The molecule has 0 saturated carbocycles. The number of sulfone groups is 1. The molecular formula is C10H16N2O2S2. The van der Waals surface area contributed by atoms with Gasteiger partial charge in [-0.3, -0.25) is 0 Å². The highest BCUT2D eigenvalue weighted by atomic mass is 32.2. The van der Waals surface area contributed by atoms with E-state index in [9.17, 15) is 8.42 Å². The zero-order valence-electron chi connectivity index (χ0n) is 9.81. The molecule has 1 N–H and O–H groups in total. The molecule has 0 radical (unpaired) electrons. The lowest BCUT2D eigenvalue weighted by atomic mass is 10.1. The second-order valence-corrected chi connectivity index (χ2v) is 6.97. The maximum absolute atomic E-state index is 11.4. The van der Waals surface area contributed by atoms with Crippen molar-refractivity contribution in [1.29, 1.82) is 0 Å². The summed E-state index contributed by atoms with van der Waals surface area (Å²) in [6.07, 6.45) is 1.19. The fourth-order valence-corrected chi connectivity index (χ4v) is 1.94. The minimum atomic E-state index is -3.16. The second-order valence-electron chi connectivity index (χ2n) is 4.19. The van der Waals surface area contributed by atoms with Crippen LogP contribution >= 0.6 is 12.2 Å². The Labute approximate surface area is 101 Å². The molecule has 1 rings (SSSR count). The Morgan fingerprint density at radius 3 is 2.38 bits per heavy atom. The lowest BCUT2D eigenvalue weighted by Gasteiger charge is -2.12. The number of hydrogen-bond donors (Lipinski definition) is 1. The summed E-state index contributed by atoms with van der Waals surface area (Å²) in [5, 5.41) is -0.659. The summed E-state index contributed by atoms with van der Waals surface area (Å²) in [6, 6.07) is 1.76. The number of rotatable bonds is 3. The zero-order chi connectivity index (χ0) is 12.5. The van der Waals surface area contributed by atoms with Crippen molar-refractivity contribution in [3.8, 4) is 0 Å². The van der Waals surface area contributed by atoms with E-state index in [1.165, 1.54) is 6.26 Å². The van der Waals surface area contributed by atoms with E-state index in [1.54, 1.807) is 13.0 Å². The minimum Gasteiger partial charge on any atom is -0.346 e. The fraction of sp³-hybridized carbons (Fsp3) is 0.600. The van der Waals surface area contributed by atoms with Crippen LogP contribution in [0.2, 0.25) is 0 Å². The van der Waals surface area contributed by atoms with Gasteiger partial charge in [0.2, 0.25) is 0 Å². The van der Waals surface area contributed by atoms with Crippen molar-refractivity contribution in [1.82, 2.24) is 9.97 Å². The Kier molecular flexibility index (Phi) is 3.85. The molecule has 0 bridgehead atoms. The first kappa shape index (κ1) is 13.3. The minimum absolute atomic E-state index is 0.259. The van der Waals surface area contributed by atoms with Gasteiger partial charge >= 0.3 is 0 Å². The molecule has 16 heavy (non-hydrogen) atoms. The summed E-state index contributed by atoms with van der Waals surface area (Å²) in [6.45, 7) is 5.62. The van der Waals surface area contributed by atoms with E-state index >= 15 is 0 Å². The lowest BCUT2D eigenvalue weighted by Crippen LogP contribution is -2.13. The first-order chi connectivity index (χ1) is 7.21. The normalized spacial score (nSPS) is 14.1. The highest BCUT2D eigenvalue weighted by Gasteiger charge is 2.20. The Bertz CT molecular complexity index is 532. The van der Waals surface area contributed by atoms with Crippen LogP contribution in [-0.2, 0) is 9.84 Å². The van der Waals surface area contributed by atoms with Gasteiger partial charge in [0, 0.05) is 11.9 Å². The van der Waals surface area contributed by atoms with Gasteiger partial charge in [0.15, 0.2) is 9.84 Å². The molecule has 0 aliphatic rings. The van der Waals surface area contributed by atoms with E-state index in [0.717, 1.165) is 5.69 Å². The molecule has 1 aromatic rings. The topological polar surface area (TPSA) is 62.8 Å². The van der Waals surface area contributed by atoms with Gasteiger partial charge in [0.05, 0.1) is 0 Å². The largest absolute Gasteiger partial charge is 0.346 e. The van der Waals surface area contributed by atoms with Crippen LogP contribution in [0.25, 0.3) is 0 Å². The van der Waals surface area contributed by atoms with Gasteiger partial charge < -0.3 is 4.98 Å². The van der Waals surface area contributed by atoms with Crippen molar-refractivity contribution in [2.45, 2.75) is 31.9 Å². The fourth-order valence-electron chi connectivity index (χ4n) is 1.20.